The molecule has 0 bridgehead atoms. The Kier molecular flexibility index (Phi) is 3.03. The van der Waals surface area contributed by atoms with Crippen LogP contribution in [0.25, 0.3) is 10.9 Å². The van der Waals surface area contributed by atoms with E-state index in [2.05, 4.69) is 5.16 Å². The maximum Gasteiger partial charge on any atom is 0.338 e. The molecule has 0 amide bonds. The smallest absolute Gasteiger partial charge is 0.334 e. The first-order valence-electron chi connectivity index (χ1n) is 6.15. The van der Waals surface area contributed by atoms with Crippen molar-refractivity contribution in [1.82, 2.24) is 4.57 Å². The first-order valence-corrected chi connectivity index (χ1v) is 6.53. The summed E-state index contributed by atoms with van der Waals surface area (Å²) >= 11 is 6.26. The molecule has 0 unspecified atom stereocenters. The van der Waals surface area contributed by atoms with Crippen LogP contribution in [0.15, 0.2) is 29.4 Å². The Morgan fingerprint density at radius 3 is 2.95 bits per heavy atom. The van der Waals surface area contributed by atoms with Gasteiger partial charge in [0.15, 0.2) is 0 Å². The molecule has 19 heavy (non-hydrogen) atoms. The molecule has 1 aliphatic carbocycles. The van der Waals surface area contributed by atoms with Gasteiger partial charge in [-0.1, -0.05) is 35.0 Å². The summed E-state index contributed by atoms with van der Waals surface area (Å²) in [6.45, 7) is 0. The number of para-hydroxylation sites is 1. The van der Waals surface area contributed by atoms with E-state index in [1.54, 1.807) is 0 Å². The van der Waals surface area contributed by atoms with Crippen molar-refractivity contribution in [2.75, 3.05) is 0 Å². The summed E-state index contributed by atoms with van der Waals surface area (Å²) in [6.07, 6.45) is 3.32. The second kappa shape index (κ2) is 4.70. The Balaban J connectivity index is 1.89. The fourth-order valence-electron chi connectivity index (χ4n) is 2.04. The third-order valence-corrected chi connectivity index (χ3v) is 3.76. The predicted octanol–water partition coefficient (Wildman–Crippen LogP) is 3.12. The van der Waals surface area contributed by atoms with E-state index in [1.165, 1.54) is 6.21 Å². The minimum absolute atomic E-state index is 0.0418. The van der Waals surface area contributed by atoms with E-state index in [4.69, 9.17) is 16.4 Å². The molecule has 0 radical (unpaired) electrons. The van der Waals surface area contributed by atoms with Gasteiger partial charge in [0.25, 0.3) is 0 Å². The highest BCUT2D eigenvalue weighted by Crippen LogP contribution is 2.30. The Bertz CT molecular complexity index is 671. The maximum absolute atomic E-state index is 11.4. The minimum Gasteiger partial charge on any atom is -0.334 e. The quantitative estimate of drug-likeness (QED) is 0.491. The SMILES string of the molecule is Cn1c(Cl)c(/C=N\OC(=O)C2CC2)c2ccccc21. The largest absolute Gasteiger partial charge is 0.338 e. The highest BCUT2D eigenvalue weighted by molar-refractivity contribution is 6.34. The standard InChI is InChI=1S/C14H13ClN2O2/c1-17-12-5-3-2-4-10(12)11(13(17)15)8-16-19-14(18)9-6-7-9/h2-5,8-9H,6-7H2,1H3/b16-8-. The summed E-state index contributed by atoms with van der Waals surface area (Å²) in [5.41, 5.74) is 1.78. The van der Waals surface area contributed by atoms with Gasteiger partial charge >= 0.3 is 5.97 Å². The first kappa shape index (κ1) is 12.2. The van der Waals surface area contributed by atoms with Crippen molar-refractivity contribution < 1.29 is 9.63 Å². The van der Waals surface area contributed by atoms with Crippen LogP contribution in [0.2, 0.25) is 5.15 Å². The fourth-order valence-corrected chi connectivity index (χ4v) is 2.28. The molecule has 0 saturated heterocycles. The highest BCUT2D eigenvalue weighted by Gasteiger charge is 2.31. The summed E-state index contributed by atoms with van der Waals surface area (Å²) in [4.78, 5) is 16.2. The van der Waals surface area contributed by atoms with Crippen molar-refractivity contribution >= 4 is 34.7 Å². The average Bonchev–Trinajstić information content (AvgIpc) is 3.23. The topological polar surface area (TPSA) is 43.6 Å². The second-order valence-corrected chi connectivity index (χ2v) is 5.06. The Hall–Kier alpha value is -1.81. The lowest BCUT2D eigenvalue weighted by molar-refractivity contribution is -0.145. The molecule has 1 saturated carbocycles. The molecule has 1 aliphatic rings. The van der Waals surface area contributed by atoms with E-state index in [1.807, 2.05) is 35.9 Å². The molecule has 4 nitrogen and oxygen atoms in total. The van der Waals surface area contributed by atoms with Crippen LogP contribution >= 0.6 is 11.6 Å². The van der Waals surface area contributed by atoms with Crippen molar-refractivity contribution in [1.29, 1.82) is 0 Å². The number of hydrogen-bond donors (Lipinski definition) is 0. The zero-order valence-corrected chi connectivity index (χ0v) is 11.2. The third kappa shape index (κ3) is 2.24. The Morgan fingerprint density at radius 2 is 2.21 bits per heavy atom. The number of benzene rings is 1. The van der Waals surface area contributed by atoms with Gasteiger partial charge in [0.2, 0.25) is 0 Å². The number of halogens is 1. The predicted molar refractivity (Wildman–Crippen MR) is 74.3 cm³/mol. The molecule has 1 fully saturated rings. The highest BCUT2D eigenvalue weighted by atomic mass is 35.5. The lowest BCUT2D eigenvalue weighted by atomic mass is 10.2. The van der Waals surface area contributed by atoms with Crippen LogP contribution in [0.1, 0.15) is 18.4 Å². The van der Waals surface area contributed by atoms with Gasteiger partial charge in [-0.25, -0.2) is 4.79 Å². The van der Waals surface area contributed by atoms with Gasteiger partial charge in [-0.3, -0.25) is 0 Å². The van der Waals surface area contributed by atoms with Crippen molar-refractivity contribution in [2.24, 2.45) is 18.1 Å². The van der Waals surface area contributed by atoms with Crippen molar-refractivity contribution in [3.8, 4) is 0 Å². The Morgan fingerprint density at radius 1 is 1.47 bits per heavy atom. The van der Waals surface area contributed by atoms with Crippen LogP contribution in [0.3, 0.4) is 0 Å². The molecular weight excluding hydrogens is 264 g/mol. The molecule has 2 aromatic rings. The summed E-state index contributed by atoms with van der Waals surface area (Å²) in [6, 6.07) is 7.83. The molecule has 3 rings (SSSR count). The lowest BCUT2D eigenvalue weighted by Crippen LogP contribution is -2.01. The van der Waals surface area contributed by atoms with Gasteiger partial charge in [0, 0.05) is 23.5 Å². The van der Waals surface area contributed by atoms with Crippen LogP contribution in [0, 0.1) is 5.92 Å². The van der Waals surface area contributed by atoms with Crippen molar-refractivity contribution in [3.63, 3.8) is 0 Å². The van der Waals surface area contributed by atoms with E-state index >= 15 is 0 Å². The molecule has 0 N–H and O–H groups in total. The van der Waals surface area contributed by atoms with Crippen LogP contribution in [-0.4, -0.2) is 16.8 Å². The molecular formula is C14H13ClN2O2. The van der Waals surface area contributed by atoms with Crippen molar-refractivity contribution in [2.45, 2.75) is 12.8 Å². The van der Waals surface area contributed by atoms with Gasteiger partial charge in [0.1, 0.15) is 5.15 Å². The number of aryl methyl sites for hydroxylation is 1. The molecule has 0 atom stereocenters. The fraction of sp³-hybridized carbons (Fsp3) is 0.286. The van der Waals surface area contributed by atoms with Crippen LogP contribution in [0.5, 0.6) is 0 Å². The lowest BCUT2D eigenvalue weighted by Gasteiger charge is -1.95. The molecule has 0 spiro atoms. The van der Waals surface area contributed by atoms with E-state index in [-0.39, 0.29) is 11.9 Å². The van der Waals surface area contributed by atoms with E-state index in [9.17, 15) is 4.79 Å². The van der Waals surface area contributed by atoms with E-state index < -0.39 is 0 Å². The number of hydrogen-bond acceptors (Lipinski definition) is 3. The van der Waals surface area contributed by atoms with Gasteiger partial charge in [-0.05, 0) is 18.9 Å². The van der Waals surface area contributed by atoms with E-state index in [0.717, 1.165) is 29.3 Å². The summed E-state index contributed by atoms with van der Waals surface area (Å²) in [5, 5.41) is 5.32. The number of rotatable bonds is 3. The van der Waals surface area contributed by atoms with Crippen molar-refractivity contribution in [3.05, 3.63) is 35.0 Å². The van der Waals surface area contributed by atoms with Crippen LogP contribution in [-0.2, 0) is 16.7 Å². The molecule has 1 heterocycles. The number of carbonyl (C=O) groups excluding carboxylic acids is 1. The maximum atomic E-state index is 11.4. The molecule has 98 valence electrons. The van der Waals surface area contributed by atoms with Crippen LogP contribution in [0.4, 0.5) is 0 Å². The molecule has 5 heteroatoms. The van der Waals surface area contributed by atoms with Crippen LogP contribution < -0.4 is 0 Å². The number of aromatic nitrogens is 1. The van der Waals surface area contributed by atoms with Gasteiger partial charge in [-0.15, -0.1) is 0 Å². The molecule has 0 aliphatic heterocycles. The molecule has 1 aromatic carbocycles. The third-order valence-electron chi connectivity index (χ3n) is 3.31. The zero-order chi connectivity index (χ0) is 13.4. The zero-order valence-electron chi connectivity index (χ0n) is 10.5. The second-order valence-electron chi connectivity index (χ2n) is 4.70. The number of carbonyl (C=O) groups is 1. The monoisotopic (exact) mass is 276 g/mol. The first-order chi connectivity index (χ1) is 9.18. The summed E-state index contributed by atoms with van der Waals surface area (Å²) in [5.74, 6) is -0.215. The average molecular weight is 277 g/mol. The summed E-state index contributed by atoms with van der Waals surface area (Å²) in [7, 11) is 1.89. The number of oxime groups is 1. The number of nitrogens with zero attached hydrogens (tertiary/aromatic N) is 2. The normalized spacial score (nSPS) is 15.3. The van der Waals surface area contributed by atoms with E-state index in [0.29, 0.717) is 5.15 Å². The van der Waals surface area contributed by atoms with Gasteiger partial charge < -0.3 is 9.40 Å². The minimum atomic E-state index is -0.257. The Labute approximate surface area is 115 Å². The van der Waals surface area contributed by atoms with Gasteiger partial charge in [0.05, 0.1) is 12.1 Å². The molecule has 1 aromatic heterocycles. The summed E-state index contributed by atoms with van der Waals surface area (Å²) < 4.78 is 1.88. The van der Waals surface area contributed by atoms with Gasteiger partial charge in [-0.2, -0.15) is 0 Å². The number of fused-ring (bicyclic) bond motifs is 1.